The normalized spacial score (nSPS) is 13.9. The number of nitrogens with zero attached hydrogens (tertiary/aromatic N) is 1. The van der Waals surface area contributed by atoms with Gasteiger partial charge in [-0.15, -0.1) is 0 Å². The van der Waals surface area contributed by atoms with Crippen molar-refractivity contribution in [3.05, 3.63) is 156 Å². The van der Waals surface area contributed by atoms with E-state index < -0.39 is 0 Å². The number of amides is 2. The van der Waals surface area contributed by atoms with Crippen LogP contribution in [0.5, 0.6) is 11.5 Å². The molecule has 0 aliphatic carbocycles. The van der Waals surface area contributed by atoms with Gasteiger partial charge in [-0.3, -0.25) is 9.59 Å². The molecule has 1 aliphatic heterocycles. The summed E-state index contributed by atoms with van der Waals surface area (Å²) in [4.78, 5) is 29.1. The molecule has 1 fully saturated rings. The van der Waals surface area contributed by atoms with Crippen molar-refractivity contribution in [3.8, 4) is 11.5 Å². The zero-order valence-corrected chi connectivity index (χ0v) is 25.1. The van der Waals surface area contributed by atoms with Crippen LogP contribution in [0.1, 0.15) is 40.2 Å². The number of carbonyl (C=O) groups is 2. The number of carbonyl (C=O) groups excluding carboxylic acids is 2. The number of para-hydroxylation sites is 2. The lowest BCUT2D eigenvalue weighted by molar-refractivity contribution is -0.124. The summed E-state index contributed by atoms with van der Waals surface area (Å²) in [7, 11) is 0. The number of piperidine rings is 1. The van der Waals surface area contributed by atoms with Gasteiger partial charge in [0.1, 0.15) is 11.5 Å². The van der Waals surface area contributed by atoms with E-state index in [1.165, 1.54) is 0 Å². The van der Waals surface area contributed by atoms with E-state index in [0.29, 0.717) is 29.3 Å². The molecule has 6 nitrogen and oxygen atoms in total. The second-order valence-electron chi connectivity index (χ2n) is 11.3. The van der Waals surface area contributed by atoms with E-state index in [4.69, 9.17) is 4.74 Å². The van der Waals surface area contributed by atoms with E-state index in [-0.39, 0.29) is 23.7 Å². The molecule has 6 rings (SSSR count). The van der Waals surface area contributed by atoms with Gasteiger partial charge >= 0.3 is 0 Å². The van der Waals surface area contributed by atoms with Crippen LogP contribution in [0.15, 0.2) is 140 Å². The molecule has 0 spiro atoms. The SMILES string of the molecule is O=C(Nc1ccc(N2CCC(C(C(=O)NCc3ccccc3)c3ccccc3)CC2)cc1)c1ccccc1Oc1ccccc1. The zero-order chi connectivity index (χ0) is 30.8. The summed E-state index contributed by atoms with van der Waals surface area (Å²) in [6.45, 7) is 2.24. The Bertz CT molecular complexity index is 1680. The Balaban J connectivity index is 1.07. The van der Waals surface area contributed by atoms with E-state index >= 15 is 0 Å². The monoisotopic (exact) mass is 595 g/mol. The van der Waals surface area contributed by atoms with Gasteiger partial charge in [0.25, 0.3) is 5.91 Å². The number of nitrogens with one attached hydrogen (secondary N) is 2. The van der Waals surface area contributed by atoms with Crippen LogP contribution in [0.4, 0.5) is 11.4 Å². The summed E-state index contributed by atoms with van der Waals surface area (Å²) in [5.41, 5.74) is 4.44. The minimum absolute atomic E-state index is 0.0827. The van der Waals surface area contributed by atoms with Crippen molar-refractivity contribution >= 4 is 23.2 Å². The van der Waals surface area contributed by atoms with Crippen molar-refractivity contribution in [1.82, 2.24) is 5.32 Å². The number of rotatable bonds is 10. The van der Waals surface area contributed by atoms with Gasteiger partial charge in [-0.1, -0.05) is 91.0 Å². The van der Waals surface area contributed by atoms with Crippen LogP contribution in [0, 0.1) is 5.92 Å². The third-order valence-corrected chi connectivity index (χ3v) is 8.35. The Morgan fingerprint density at radius 1 is 0.711 bits per heavy atom. The highest BCUT2D eigenvalue weighted by Gasteiger charge is 2.32. The van der Waals surface area contributed by atoms with Crippen molar-refractivity contribution in [3.63, 3.8) is 0 Å². The zero-order valence-electron chi connectivity index (χ0n) is 25.1. The van der Waals surface area contributed by atoms with E-state index in [2.05, 4.69) is 27.7 Å². The smallest absolute Gasteiger partial charge is 0.259 e. The fraction of sp³-hybridized carbons (Fsp3) is 0.179. The molecule has 2 N–H and O–H groups in total. The molecule has 2 amide bonds. The molecule has 6 heteroatoms. The fourth-order valence-corrected chi connectivity index (χ4v) is 6.00. The van der Waals surface area contributed by atoms with Crippen LogP contribution >= 0.6 is 0 Å². The molecular formula is C39H37N3O3. The summed E-state index contributed by atoms with van der Waals surface area (Å²) in [5.74, 6) is 1.09. The standard InChI is InChI=1S/C39H37N3O3/c43-38(35-18-10-11-19-36(35)45-34-16-8-3-9-17-34)41-32-20-22-33(23-21-32)42-26-24-31(25-27-42)37(30-14-6-2-7-15-30)39(44)40-28-29-12-4-1-5-13-29/h1-23,31,37H,24-28H2,(H,40,44)(H,41,43). The van der Waals surface area contributed by atoms with E-state index in [9.17, 15) is 9.59 Å². The van der Waals surface area contributed by atoms with Crippen molar-refractivity contribution in [2.45, 2.75) is 25.3 Å². The van der Waals surface area contributed by atoms with Crippen LogP contribution in [0.3, 0.4) is 0 Å². The molecule has 0 bridgehead atoms. The molecule has 5 aromatic rings. The van der Waals surface area contributed by atoms with Crippen LogP contribution in [0.2, 0.25) is 0 Å². The van der Waals surface area contributed by atoms with Gasteiger partial charge in [0.15, 0.2) is 0 Å². The summed E-state index contributed by atoms with van der Waals surface area (Å²) >= 11 is 0. The average molecular weight is 596 g/mol. The summed E-state index contributed by atoms with van der Waals surface area (Å²) in [5, 5.41) is 6.20. The molecule has 1 heterocycles. The predicted molar refractivity (Wildman–Crippen MR) is 180 cm³/mol. The number of ether oxygens (including phenoxy) is 1. The Hall–Kier alpha value is -5.36. The van der Waals surface area contributed by atoms with Crippen molar-refractivity contribution in [2.75, 3.05) is 23.3 Å². The number of benzene rings is 5. The van der Waals surface area contributed by atoms with Gasteiger partial charge in [-0.2, -0.15) is 0 Å². The third kappa shape index (κ3) is 7.60. The third-order valence-electron chi connectivity index (χ3n) is 8.35. The topological polar surface area (TPSA) is 70.7 Å². The second-order valence-corrected chi connectivity index (χ2v) is 11.3. The van der Waals surface area contributed by atoms with Crippen LogP contribution in [-0.4, -0.2) is 24.9 Å². The highest BCUT2D eigenvalue weighted by atomic mass is 16.5. The molecule has 0 saturated carbocycles. The molecule has 0 radical (unpaired) electrons. The van der Waals surface area contributed by atoms with Gasteiger partial charge in [0.05, 0.1) is 11.5 Å². The van der Waals surface area contributed by atoms with Crippen LogP contribution < -0.4 is 20.3 Å². The average Bonchev–Trinajstić information content (AvgIpc) is 3.10. The molecule has 1 unspecified atom stereocenters. The van der Waals surface area contributed by atoms with Gasteiger partial charge in [0, 0.05) is 31.0 Å². The quantitative estimate of drug-likeness (QED) is 0.171. The minimum atomic E-state index is -0.229. The Morgan fingerprint density at radius 2 is 1.31 bits per heavy atom. The van der Waals surface area contributed by atoms with Gasteiger partial charge in [-0.25, -0.2) is 0 Å². The molecule has 5 aromatic carbocycles. The number of hydrogen-bond acceptors (Lipinski definition) is 4. The molecule has 45 heavy (non-hydrogen) atoms. The van der Waals surface area contributed by atoms with Gasteiger partial charge < -0.3 is 20.3 Å². The molecule has 1 atom stereocenters. The minimum Gasteiger partial charge on any atom is -0.457 e. The highest BCUT2D eigenvalue weighted by Crippen LogP contribution is 2.35. The van der Waals surface area contributed by atoms with Crippen molar-refractivity contribution in [1.29, 1.82) is 0 Å². The van der Waals surface area contributed by atoms with Crippen molar-refractivity contribution in [2.24, 2.45) is 5.92 Å². The predicted octanol–water partition coefficient (Wildman–Crippen LogP) is 8.05. The second kappa shape index (κ2) is 14.4. The first-order chi connectivity index (χ1) is 22.1. The molecule has 1 saturated heterocycles. The lowest BCUT2D eigenvalue weighted by atomic mass is 9.79. The summed E-state index contributed by atoms with van der Waals surface area (Å²) < 4.78 is 5.98. The van der Waals surface area contributed by atoms with Crippen LogP contribution in [0.25, 0.3) is 0 Å². The maximum absolute atomic E-state index is 13.5. The first kappa shape index (κ1) is 29.7. The van der Waals surface area contributed by atoms with Gasteiger partial charge in [0.2, 0.25) is 5.91 Å². The van der Waals surface area contributed by atoms with E-state index in [1.807, 2.05) is 115 Å². The Morgan fingerprint density at radius 3 is 2.00 bits per heavy atom. The van der Waals surface area contributed by atoms with E-state index in [0.717, 1.165) is 42.7 Å². The molecule has 0 aromatic heterocycles. The molecule has 1 aliphatic rings. The highest BCUT2D eigenvalue weighted by molar-refractivity contribution is 6.06. The maximum atomic E-state index is 13.5. The molecular weight excluding hydrogens is 558 g/mol. The Kier molecular flexibility index (Phi) is 9.51. The number of hydrogen-bond donors (Lipinski definition) is 2. The first-order valence-electron chi connectivity index (χ1n) is 15.5. The fourth-order valence-electron chi connectivity index (χ4n) is 6.00. The Labute approximate surface area is 264 Å². The molecule has 226 valence electrons. The first-order valence-corrected chi connectivity index (χ1v) is 15.5. The lowest BCUT2D eigenvalue weighted by Crippen LogP contribution is -2.40. The van der Waals surface area contributed by atoms with Gasteiger partial charge in [-0.05, 0) is 78.4 Å². The largest absolute Gasteiger partial charge is 0.457 e. The summed E-state index contributed by atoms with van der Waals surface area (Å²) in [6, 6.07) is 44.8. The van der Waals surface area contributed by atoms with Crippen LogP contribution in [-0.2, 0) is 11.3 Å². The van der Waals surface area contributed by atoms with Crippen molar-refractivity contribution < 1.29 is 14.3 Å². The summed E-state index contributed by atoms with van der Waals surface area (Å²) in [6.07, 6.45) is 1.82. The lowest BCUT2D eigenvalue weighted by Gasteiger charge is -2.37. The van der Waals surface area contributed by atoms with E-state index in [1.54, 1.807) is 12.1 Å². The number of anilines is 2. The maximum Gasteiger partial charge on any atom is 0.259 e.